The van der Waals surface area contributed by atoms with Gasteiger partial charge in [-0.15, -0.1) is 0 Å². The molecule has 0 amide bonds. The molecule has 0 spiro atoms. The normalized spacial score (nSPS) is 12.7. The Bertz CT molecular complexity index is 460. The standard InChI is InChI=1S/C12H16N4/c1-8(13)6-12-15-9(2)7-11(16-12)10-4-3-5-14-10/h3-5,7-8,14H,6,13H2,1-2H3. The third-order valence-corrected chi connectivity index (χ3v) is 2.28. The van der Waals surface area contributed by atoms with Crippen LogP contribution in [0.3, 0.4) is 0 Å². The minimum Gasteiger partial charge on any atom is -0.360 e. The summed E-state index contributed by atoms with van der Waals surface area (Å²) in [4.78, 5) is 12.0. The van der Waals surface area contributed by atoms with Crippen LogP contribution in [-0.2, 0) is 6.42 Å². The van der Waals surface area contributed by atoms with E-state index in [1.54, 1.807) is 0 Å². The van der Waals surface area contributed by atoms with Gasteiger partial charge in [-0.1, -0.05) is 0 Å². The van der Waals surface area contributed by atoms with Gasteiger partial charge in [-0.05, 0) is 32.0 Å². The molecule has 0 aromatic carbocycles. The summed E-state index contributed by atoms with van der Waals surface area (Å²) in [5, 5.41) is 0. The van der Waals surface area contributed by atoms with Crippen molar-refractivity contribution in [3.05, 3.63) is 35.9 Å². The number of nitrogens with zero attached hydrogens (tertiary/aromatic N) is 2. The Hall–Kier alpha value is -1.68. The molecule has 84 valence electrons. The van der Waals surface area contributed by atoms with Crippen LogP contribution in [0.5, 0.6) is 0 Å². The molecule has 0 saturated carbocycles. The zero-order chi connectivity index (χ0) is 11.5. The molecule has 0 saturated heterocycles. The van der Waals surface area contributed by atoms with Crippen LogP contribution in [0.2, 0.25) is 0 Å². The van der Waals surface area contributed by atoms with Crippen LogP contribution in [0.4, 0.5) is 0 Å². The molecule has 0 aliphatic carbocycles. The summed E-state index contributed by atoms with van der Waals surface area (Å²) in [7, 11) is 0. The lowest BCUT2D eigenvalue weighted by atomic mass is 10.2. The van der Waals surface area contributed by atoms with Crippen LogP contribution in [0.15, 0.2) is 24.4 Å². The summed E-state index contributed by atoms with van der Waals surface area (Å²) in [6.07, 6.45) is 2.59. The topological polar surface area (TPSA) is 67.6 Å². The summed E-state index contributed by atoms with van der Waals surface area (Å²) < 4.78 is 0. The fourth-order valence-corrected chi connectivity index (χ4v) is 1.64. The van der Waals surface area contributed by atoms with Crippen molar-refractivity contribution in [1.82, 2.24) is 15.0 Å². The van der Waals surface area contributed by atoms with Crippen molar-refractivity contribution in [2.45, 2.75) is 26.3 Å². The highest BCUT2D eigenvalue weighted by Gasteiger charge is 2.06. The van der Waals surface area contributed by atoms with Gasteiger partial charge < -0.3 is 10.7 Å². The highest BCUT2D eigenvalue weighted by Crippen LogP contribution is 2.15. The van der Waals surface area contributed by atoms with E-state index in [1.165, 1.54) is 0 Å². The van der Waals surface area contributed by atoms with Gasteiger partial charge in [-0.2, -0.15) is 0 Å². The highest BCUT2D eigenvalue weighted by molar-refractivity contribution is 5.54. The Labute approximate surface area is 94.9 Å². The molecule has 2 rings (SSSR count). The first-order valence-corrected chi connectivity index (χ1v) is 5.39. The number of H-pyrrole nitrogens is 1. The average molecular weight is 216 g/mol. The molecule has 16 heavy (non-hydrogen) atoms. The Kier molecular flexibility index (Phi) is 3.01. The number of aromatic amines is 1. The molecule has 0 fully saturated rings. The van der Waals surface area contributed by atoms with Crippen molar-refractivity contribution in [3.8, 4) is 11.4 Å². The average Bonchev–Trinajstić information content (AvgIpc) is 2.67. The van der Waals surface area contributed by atoms with Gasteiger partial charge in [0.2, 0.25) is 0 Å². The molecule has 4 nitrogen and oxygen atoms in total. The minimum atomic E-state index is 0.0818. The number of hydrogen-bond acceptors (Lipinski definition) is 3. The van der Waals surface area contributed by atoms with Gasteiger partial charge in [0.1, 0.15) is 5.82 Å². The summed E-state index contributed by atoms with van der Waals surface area (Å²) >= 11 is 0. The molecule has 4 heteroatoms. The van der Waals surface area contributed by atoms with Crippen molar-refractivity contribution in [2.75, 3.05) is 0 Å². The molecular formula is C12H16N4. The first-order valence-electron chi connectivity index (χ1n) is 5.39. The van der Waals surface area contributed by atoms with Crippen LogP contribution < -0.4 is 5.73 Å². The smallest absolute Gasteiger partial charge is 0.130 e. The van der Waals surface area contributed by atoms with Gasteiger partial charge in [0, 0.05) is 24.4 Å². The number of rotatable bonds is 3. The second-order valence-electron chi connectivity index (χ2n) is 4.08. The first-order chi connectivity index (χ1) is 7.65. The minimum absolute atomic E-state index is 0.0818. The van der Waals surface area contributed by atoms with E-state index in [0.717, 1.165) is 22.9 Å². The third kappa shape index (κ3) is 2.46. The maximum Gasteiger partial charge on any atom is 0.130 e. The van der Waals surface area contributed by atoms with Crippen LogP contribution >= 0.6 is 0 Å². The lowest BCUT2D eigenvalue weighted by Crippen LogP contribution is -2.19. The van der Waals surface area contributed by atoms with Crippen molar-refractivity contribution in [1.29, 1.82) is 0 Å². The van der Waals surface area contributed by atoms with Crippen LogP contribution in [0.1, 0.15) is 18.4 Å². The van der Waals surface area contributed by atoms with E-state index in [0.29, 0.717) is 6.42 Å². The second kappa shape index (κ2) is 4.45. The molecule has 0 aliphatic heterocycles. The molecule has 0 aliphatic rings. The molecule has 2 aromatic rings. The van der Waals surface area contributed by atoms with Crippen molar-refractivity contribution in [2.24, 2.45) is 5.73 Å². The Morgan fingerprint density at radius 1 is 1.44 bits per heavy atom. The molecule has 1 atom stereocenters. The largest absolute Gasteiger partial charge is 0.360 e. The summed E-state index contributed by atoms with van der Waals surface area (Å²) in [5.41, 5.74) is 8.66. The van der Waals surface area contributed by atoms with E-state index in [4.69, 9.17) is 5.73 Å². The lowest BCUT2D eigenvalue weighted by Gasteiger charge is -2.06. The quantitative estimate of drug-likeness (QED) is 0.820. The van der Waals surface area contributed by atoms with Crippen molar-refractivity contribution in [3.63, 3.8) is 0 Å². The number of hydrogen-bond donors (Lipinski definition) is 2. The van der Waals surface area contributed by atoms with Gasteiger partial charge in [0.05, 0.1) is 11.4 Å². The summed E-state index contributed by atoms with van der Waals surface area (Å²) in [6, 6.07) is 6.00. The zero-order valence-corrected chi connectivity index (χ0v) is 9.57. The van der Waals surface area contributed by atoms with E-state index in [2.05, 4.69) is 15.0 Å². The number of aryl methyl sites for hydroxylation is 1. The molecule has 0 bridgehead atoms. The van der Waals surface area contributed by atoms with E-state index in [-0.39, 0.29) is 6.04 Å². The molecule has 2 heterocycles. The van der Waals surface area contributed by atoms with Gasteiger partial charge in [-0.3, -0.25) is 0 Å². The lowest BCUT2D eigenvalue weighted by molar-refractivity contribution is 0.699. The summed E-state index contributed by atoms with van der Waals surface area (Å²) in [6.45, 7) is 3.93. The van der Waals surface area contributed by atoms with E-state index in [9.17, 15) is 0 Å². The van der Waals surface area contributed by atoms with Gasteiger partial charge in [0.15, 0.2) is 0 Å². The van der Waals surface area contributed by atoms with Gasteiger partial charge in [0.25, 0.3) is 0 Å². The van der Waals surface area contributed by atoms with Gasteiger partial charge in [-0.25, -0.2) is 9.97 Å². The van der Waals surface area contributed by atoms with Crippen molar-refractivity contribution < 1.29 is 0 Å². The predicted molar refractivity (Wildman–Crippen MR) is 63.9 cm³/mol. The fourth-order valence-electron chi connectivity index (χ4n) is 1.64. The number of aromatic nitrogens is 3. The van der Waals surface area contributed by atoms with Crippen LogP contribution in [0.25, 0.3) is 11.4 Å². The van der Waals surface area contributed by atoms with E-state index >= 15 is 0 Å². The fraction of sp³-hybridized carbons (Fsp3) is 0.333. The monoisotopic (exact) mass is 216 g/mol. The second-order valence-corrected chi connectivity index (χ2v) is 4.08. The van der Waals surface area contributed by atoms with Gasteiger partial charge >= 0.3 is 0 Å². The van der Waals surface area contributed by atoms with E-state index in [1.807, 2.05) is 38.2 Å². The molecule has 3 N–H and O–H groups in total. The maximum absolute atomic E-state index is 5.76. The molecule has 2 aromatic heterocycles. The Balaban J connectivity index is 2.36. The maximum atomic E-state index is 5.76. The molecular weight excluding hydrogens is 200 g/mol. The molecule has 0 radical (unpaired) electrons. The SMILES string of the molecule is Cc1cc(-c2ccc[nH]2)nc(CC(C)N)n1. The first kappa shape index (κ1) is 10.8. The Morgan fingerprint density at radius 3 is 2.88 bits per heavy atom. The zero-order valence-electron chi connectivity index (χ0n) is 9.57. The number of nitrogens with one attached hydrogen (secondary N) is 1. The third-order valence-electron chi connectivity index (χ3n) is 2.28. The highest BCUT2D eigenvalue weighted by atomic mass is 14.9. The van der Waals surface area contributed by atoms with Crippen LogP contribution in [-0.4, -0.2) is 21.0 Å². The van der Waals surface area contributed by atoms with Crippen molar-refractivity contribution >= 4 is 0 Å². The van der Waals surface area contributed by atoms with Crippen LogP contribution in [0, 0.1) is 6.92 Å². The number of nitrogens with two attached hydrogens (primary N) is 1. The Morgan fingerprint density at radius 2 is 2.25 bits per heavy atom. The van der Waals surface area contributed by atoms with E-state index < -0.39 is 0 Å². The predicted octanol–water partition coefficient (Wildman–Crippen LogP) is 1.67. The summed E-state index contributed by atoms with van der Waals surface area (Å²) in [5.74, 6) is 0.805. The molecule has 1 unspecified atom stereocenters.